The van der Waals surface area contributed by atoms with Gasteiger partial charge in [-0.1, -0.05) is 54.2 Å². The number of non-ortho nitro benzene ring substituents is 1. The van der Waals surface area contributed by atoms with Crippen LogP contribution in [0.4, 0.5) is 11.4 Å². The summed E-state index contributed by atoms with van der Waals surface area (Å²) in [6, 6.07) is 22.0. The lowest BCUT2D eigenvalue weighted by Gasteiger charge is -2.41. The number of nitrogens with zero attached hydrogens (tertiary/aromatic N) is 3. The van der Waals surface area contributed by atoms with Crippen molar-refractivity contribution in [3.8, 4) is 0 Å². The van der Waals surface area contributed by atoms with Gasteiger partial charge in [-0.05, 0) is 43.2 Å². The van der Waals surface area contributed by atoms with Crippen LogP contribution in [0.15, 0.2) is 89.4 Å². The van der Waals surface area contributed by atoms with Gasteiger partial charge in [0.1, 0.15) is 0 Å². The van der Waals surface area contributed by atoms with Gasteiger partial charge < -0.3 is 15.0 Å². The van der Waals surface area contributed by atoms with Crippen molar-refractivity contribution in [2.24, 2.45) is 4.99 Å². The number of amides is 1. The van der Waals surface area contributed by atoms with E-state index in [1.165, 1.54) is 24.3 Å². The average Bonchev–Trinajstić information content (AvgIpc) is 2.97. The first-order valence-electron chi connectivity index (χ1n) is 12.6. The molecule has 1 fully saturated rings. The molecule has 0 aliphatic carbocycles. The zero-order valence-corrected chi connectivity index (χ0v) is 22.0. The number of thioether (sulfide) groups is 1. The summed E-state index contributed by atoms with van der Waals surface area (Å²) in [5, 5.41) is 14.6. The van der Waals surface area contributed by atoms with Crippen molar-refractivity contribution in [2.75, 3.05) is 24.2 Å². The molecule has 2 aliphatic heterocycles. The van der Waals surface area contributed by atoms with Crippen LogP contribution in [-0.2, 0) is 9.53 Å². The number of nitro benzene ring substituents is 1. The monoisotopic (exact) mass is 542 g/mol. The number of fused-ring (bicyclic) bond motifs is 1. The van der Waals surface area contributed by atoms with Crippen molar-refractivity contribution in [1.82, 2.24) is 4.90 Å². The van der Waals surface area contributed by atoms with Crippen molar-refractivity contribution in [3.05, 3.63) is 111 Å². The number of ether oxygens (including phenoxy) is 1. The molecule has 0 saturated carbocycles. The quantitative estimate of drug-likeness (QED) is 0.232. The number of esters is 1. The fraction of sp³-hybridized carbons (Fsp3) is 0.207. The molecular weight excluding hydrogens is 516 g/mol. The molecule has 2 heterocycles. The maximum absolute atomic E-state index is 13.4. The summed E-state index contributed by atoms with van der Waals surface area (Å²) in [5.74, 6) is 0.165. The molecular formula is C29H26N4O5S. The van der Waals surface area contributed by atoms with E-state index in [1.807, 2.05) is 42.5 Å². The Balaban J connectivity index is 1.48. The number of benzene rings is 3. The zero-order valence-electron chi connectivity index (χ0n) is 21.2. The maximum atomic E-state index is 13.4. The molecule has 1 amide bonds. The van der Waals surface area contributed by atoms with Gasteiger partial charge in [0.25, 0.3) is 11.6 Å². The van der Waals surface area contributed by atoms with Gasteiger partial charge in [0.15, 0.2) is 5.17 Å². The number of nitrogens with one attached hydrogen (secondary N) is 1. The molecule has 198 valence electrons. The second-order valence-electron chi connectivity index (χ2n) is 8.92. The summed E-state index contributed by atoms with van der Waals surface area (Å²) in [4.78, 5) is 43.6. The fourth-order valence-electron chi connectivity index (χ4n) is 4.62. The van der Waals surface area contributed by atoms with Crippen molar-refractivity contribution in [3.63, 3.8) is 0 Å². The Kier molecular flexibility index (Phi) is 7.74. The molecule has 2 aliphatic rings. The molecule has 1 unspecified atom stereocenters. The third-order valence-electron chi connectivity index (χ3n) is 6.44. The zero-order chi connectivity index (χ0) is 27.4. The van der Waals surface area contributed by atoms with Crippen LogP contribution in [0.1, 0.15) is 40.9 Å². The van der Waals surface area contributed by atoms with Crippen LogP contribution < -0.4 is 5.32 Å². The smallest absolute Gasteiger partial charge is 0.338 e. The van der Waals surface area contributed by atoms with E-state index in [1.54, 1.807) is 30.8 Å². The number of rotatable bonds is 7. The molecule has 39 heavy (non-hydrogen) atoms. The van der Waals surface area contributed by atoms with E-state index in [9.17, 15) is 19.7 Å². The largest absolute Gasteiger partial charge is 0.463 e. The summed E-state index contributed by atoms with van der Waals surface area (Å²) in [7, 11) is 0. The molecule has 1 saturated heterocycles. The third kappa shape index (κ3) is 5.56. The number of amidine groups is 1. The Morgan fingerprint density at radius 1 is 1.08 bits per heavy atom. The van der Waals surface area contributed by atoms with Gasteiger partial charge in [-0.3, -0.25) is 14.9 Å². The van der Waals surface area contributed by atoms with Gasteiger partial charge in [0.05, 0.1) is 28.8 Å². The minimum atomic E-state index is -0.509. The second kappa shape index (κ2) is 11.5. The van der Waals surface area contributed by atoms with E-state index in [0.717, 1.165) is 35.0 Å². The van der Waals surface area contributed by atoms with Crippen LogP contribution in [-0.4, -0.2) is 45.8 Å². The fourth-order valence-corrected chi connectivity index (χ4v) is 5.59. The molecule has 1 N–H and O–H groups in total. The topological polar surface area (TPSA) is 114 Å². The first-order valence-corrected chi connectivity index (χ1v) is 13.6. The van der Waals surface area contributed by atoms with Gasteiger partial charge in [-0.25, -0.2) is 9.79 Å². The number of nitro groups is 1. The lowest BCUT2D eigenvalue weighted by atomic mass is 9.91. The molecule has 0 bridgehead atoms. The van der Waals surface area contributed by atoms with Gasteiger partial charge >= 0.3 is 5.97 Å². The van der Waals surface area contributed by atoms with Crippen LogP contribution in [0.2, 0.25) is 0 Å². The number of aliphatic imine (C=N–C) groups is 1. The lowest BCUT2D eigenvalue weighted by Crippen LogP contribution is -2.42. The summed E-state index contributed by atoms with van der Waals surface area (Å²) in [5.41, 5.74) is 3.59. The molecule has 0 spiro atoms. The standard InChI is InChI=1S/C29H26N4O5S/c1-2-38-28(35)24-25(19-7-4-3-5-8-19)31-29-32(17-6-18-39-29)26(24)20-9-13-22(14-10-20)30-27(34)21-11-15-23(16-12-21)33(36)37/h3-5,7-16,26H,2,6,17-18H2,1H3,(H,30,34). The van der Waals surface area contributed by atoms with Crippen LogP contribution in [0.5, 0.6) is 0 Å². The number of carbonyl (C=O) groups excluding carboxylic acids is 2. The van der Waals surface area contributed by atoms with Crippen molar-refractivity contribution < 1.29 is 19.2 Å². The Morgan fingerprint density at radius 2 is 1.79 bits per heavy atom. The van der Waals surface area contributed by atoms with E-state index >= 15 is 0 Å². The molecule has 9 nitrogen and oxygen atoms in total. The predicted octanol–water partition coefficient (Wildman–Crippen LogP) is 5.67. The Labute approximate surface area is 229 Å². The van der Waals surface area contributed by atoms with E-state index < -0.39 is 16.9 Å². The van der Waals surface area contributed by atoms with Crippen molar-refractivity contribution in [1.29, 1.82) is 0 Å². The van der Waals surface area contributed by atoms with E-state index in [4.69, 9.17) is 9.73 Å². The first kappa shape index (κ1) is 26.2. The van der Waals surface area contributed by atoms with Crippen molar-refractivity contribution in [2.45, 2.75) is 19.4 Å². The minimum absolute atomic E-state index is 0.0810. The summed E-state index contributed by atoms with van der Waals surface area (Å²) in [6.07, 6.45) is 0.959. The summed E-state index contributed by atoms with van der Waals surface area (Å²) in [6.45, 7) is 2.78. The van der Waals surface area contributed by atoms with Gasteiger partial charge in [-0.2, -0.15) is 0 Å². The molecule has 0 aromatic heterocycles. The van der Waals surface area contributed by atoms with E-state index in [-0.39, 0.29) is 18.2 Å². The summed E-state index contributed by atoms with van der Waals surface area (Å²) < 4.78 is 5.51. The number of hydrogen-bond donors (Lipinski definition) is 1. The number of hydrogen-bond acceptors (Lipinski definition) is 8. The van der Waals surface area contributed by atoms with Crippen molar-refractivity contribution >= 4 is 45.9 Å². The van der Waals surface area contributed by atoms with Gasteiger partial charge in [0, 0.05) is 41.2 Å². The number of carbonyl (C=O) groups is 2. The maximum Gasteiger partial charge on any atom is 0.338 e. The Morgan fingerprint density at radius 3 is 2.46 bits per heavy atom. The van der Waals surface area contributed by atoms with Gasteiger partial charge in [0.2, 0.25) is 0 Å². The number of anilines is 1. The highest BCUT2D eigenvalue weighted by molar-refractivity contribution is 8.13. The SMILES string of the molecule is CCOC(=O)C1=C(c2ccccc2)N=C2SCCCN2C1c1ccc(NC(=O)c2ccc([N+](=O)[O-])cc2)cc1. The highest BCUT2D eigenvalue weighted by Crippen LogP contribution is 2.43. The van der Waals surface area contributed by atoms with Crippen LogP contribution in [0.25, 0.3) is 5.70 Å². The average molecular weight is 543 g/mol. The highest BCUT2D eigenvalue weighted by atomic mass is 32.2. The predicted molar refractivity (Wildman–Crippen MR) is 151 cm³/mol. The molecule has 1 atom stereocenters. The Hall–Kier alpha value is -4.44. The molecule has 0 radical (unpaired) electrons. The summed E-state index contributed by atoms with van der Waals surface area (Å²) >= 11 is 1.67. The van der Waals surface area contributed by atoms with Crippen LogP contribution in [0.3, 0.4) is 0 Å². The normalized spacial score (nSPS) is 16.7. The van der Waals surface area contributed by atoms with Gasteiger partial charge in [-0.15, -0.1) is 0 Å². The molecule has 3 aromatic rings. The second-order valence-corrected chi connectivity index (χ2v) is 9.98. The third-order valence-corrected chi connectivity index (χ3v) is 7.51. The van der Waals surface area contributed by atoms with Crippen LogP contribution >= 0.6 is 11.8 Å². The highest BCUT2D eigenvalue weighted by Gasteiger charge is 2.39. The molecule has 3 aromatic carbocycles. The Bertz CT molecular complexity index is 1450. The van der Waals surface area contributed by atoms with E-state index in [0.29, 0.717) is 22.5 Å². The minimum Gasteiger partial charge on any atom is -0.463 e. The first-order chi connectivity index (χ1) is 19.0. The molecule has 5 rings (SSSR count). The molecule has 10 heteroatoms. The van der Waals surface area contributed by atoms with Crippen LogP contribution in [0, 0.1) is 10.1 Å². The lowest BCUT2D eigenvalue weighted by molar-refractivity contribution is -0.384. The van der Waals surface area contributed by atoms with E-state index in [2.05, 4.69) is 10.2 Å².